The molecule has 0 aliphatic heterocycles. The molecule has 0 spiro atoms. The summed E-state index contributed by atoms with van der Waals surface area (Å²) in [5.41, 5.74) is 6.08. The molecule has 0 aliphatic carbocycles. The van der Waals surface area contributed by atoms with Crippen molar-refractivity contribution >= 4 is 37.5 Å². The van der Waals surface area contributed by atoms with Gasteiger partial charge in [0.25, 0.3) is 0 Å². The van der Waals surface area contributed by atoms with Crippen LogP contribution in [0.4, 0.5) is 5.69 Å². The van der Waals surface area contributed by atoms with Gasteiger partial charge in [0.2, 0.25) is 5.88 Å². The summed E-state index contributed by atoms with van der Waals surface area (Å²) in [6, 6.07) is 3.56. The first-order chi connectivity index (χ1) is 8.61. The normalized spacial score (nSPS) is 10.2. The van der Waals surface area contributed by atoms with Crippen molar-refractivity contribution in [1.29, 1.82) is 0 Å². The van der Waals surface area contributed by atoms with E-state index in [1.165, 1.54) is 12.5 Å². The van der Waals surface area contributed by atoms with Gasteiger partial charge in [0.15, 0.2) is 0 Å². The molecule has 1 heterocycles. The van der Waals surface area contributed by atoms with E-state index in [0.29, 0.717) is 23.1 Å². The van der Waals surface area contributed by atoms with Crippen molar-refractivity contribution in [3.8, 4) is 17.4 Å². The second-order valence-corrected chi connectivity index (χ2v) is 5.01. The van der Waals surface area contributed by atoms with Crippen LogP contribution in [0.25, 0.3) is 0 Å². The standard InChI is InChI=1S/C11H9Br2N3O2/c1-17-9-2-7(13)10(3-6(9)12)18-11-8(14)4-15-5-16-11/h2-5H,14H2,1H3. The van der Waals surface area contributed by atoms with E-state index in [2.05, 4.69) is 41.8 Å². The van der Waals surface area contributed by atoms with Gasteiger partial charge in [-0.25, -0.2) is 4.98 Å². The number of nitrogens with two attached hydrogens (primary N) is 1. The number of aromatic nitrogens is 2. The Morgan fingerprint density at radius 2 is 1.83 bits per heavy atom. The van der Waals surface area contributed by atoms with Gasteiger partial charge in [-0.05, 0) is 44.0 Å². The van der Waals surface area contributed by atoms with Gasteiger partial charge >= 0.3 is 0 Å². The number of hydrogen-bond acceptors (Lipinski definition) is 5. The lowest BCUT2D eigenvalue weighted by Crippen LogP contribution is -1.96. The fraction of sp³-hybridized carbons (Fsp3) is 0.0909. The summed E-state index contributed by atoms with van der Waals surface area (Å²) in [5, 5.41) is 0. The lowest BCUT2D eigenvalue weighted by atomic mass is 10.3. The summed E-state index contributed by atoms with van der Waals surface area (Å²) < 4.78 is 12.3. The number of nitrogens with zero attached hydrogens (tertiary/aromatic N) is 2. The van der Waals surface area contributed by atoms with Crippen molar-refractivity contribution < 1.29 is 9.47 Å². The van der Waals surface area contributed by atoms with E-state index in [1.807, 2.05) is 0 Å². The molecule has 1 aromatic carbocycles. The average molecular weight is 375 g/mol. The highest BCUT2D eigenvalue weighted by atomic mass is 79.9. The maximum atomic E-state index is 5.71. The molecule has 0 aliphatic rings. The predicted octanol–water partition coefficient (Wildman–Crippen LogP) is 3.38. The number of rotatable bonds is 3. The van der Waals surface area contributed by atoms with Crippen LogP contribution < -0.4 is 15.2 Å². The molecule has 0 unspecified atom stereocenters. The highest BCUT2D eigenvalue weighted by Gasteiger charge is 2.11. The van der Waals surface area contributed by atoms with Crippen molar-refractivity contribution in [2.45, 2.75) is 0 Å². The minimum atomic E-state index is 0.308. The lowest BCUT2D eigenvalue weighted by Gasteiger charge is -2.11. The molecule has 7 heteroatoms. The Balaban J connectivity index is 2.35. The van der Waals surface area contributed by atoms with Crippen LogP contribution in [0.3, 0.4) is 0 Å². The zero-order valence-electron chi connectivity index (χ0n) is 9.35. The van der Waals surface area contributed by atoms with E-state index < -0.39 is 0 Å². The third-order valence-electron chi connectivity index (χ3n) is 2.12. The van der Waals surface area contributed by atoms with Gasteiger partial charge in [-0.3, -0.25) is 0 Å². The third kappa shape index (κ3) is 2.73. The number of hydrogen-bond donors (Lipinski definition) is 1. The first-order valence-electron chi connectivity index (χ1n) is 4.88. The van der Waals surface area contributed by atoms with Crippen LogP contribution in [0, 0.1) is 0 Å². The molecule has 0 amide bonds. The van der Waals surface area contributed by atoms with E-state index >= 15 is 0 Å². The summed E-state index contributed by atoms with van der Waals surface area (Å²) >= 11 is 6.78. The quantitative estimate of drug-likeness (QED) is 0.891. The number of anilines is 1. The Labute approximate surface area is 121 Å². The van der Waals surface area contributed by atoms with Gasteiger partial charge < -0.3 is 15.2 Å². The summed E-state index contributed by atoms with van der Waals surface area (Å²) in [6.07, 6.45) is 2.85. The molecule has 94 valence electrons. The van der Waals surface area contributed by atoms with Gasteiger partial charge in [-0.15, -0.1) is 0 Å². The Morgan fingerprint density at radius 1 is 1.17 bits per heavy atom. The molecule has 0 bridgehead atoms. The van der Waals surface area contributed by atoms with Crippen molar-refractivity contribution in [2.75, 3.05) is 12.8 Å². The molecule has 0 radical (unpaired) electrons. The van der Waals surface area contributed by atoms with Gasteiger partial charge in [0, 0.05) is 0 Å². The molecule has 0 saturated heterocycles. The van der Waals surface area contributed by atoms with Crippen LogP contribution in [0.2, 0.25) is 0 Å². The van der Waals surface area contributed by atoms with E-state index in [4.69, 9.17) is 15.2 Å². The monoisotopic (exact) mass is 373 g/mol. The van der Waals surface area contributed by atoms with E-state index in [-0.39, 0.29) is 0 Å². The molecule has 5 nitrogen and oxygen atoms in total. The summed E-state index contributed by atoms with van der Waals surface area (Å²) in [7, 11) is 1.59. The molecule has 2 N–H and O–H groups in total. The van der Waals surface area contributed by atoms with Crippen LogP contribution in [0.15, 0.2) is 33.6 Å². The Bertz CT molecular complexity index is 578. The molecule has 0 fully saturated rings. The fourth-order valence-corrected chi connectivity index (χ4v) is 2.15. The largest absolute Gasteiger partial charge is 0.496 e. The summed E-state index contributed by atoms with van der Waals surface area (Å²) in [4.78, 5) is 7.76. The van der Waals surface area contributed by atoms with Crippen molar-refractivity contribution in [1.82, 2.24) is 9.97 Å². The fourth-order valence-electron chi connectivity index (χ4n) is 1.26. The lowest BCUT2D eigenvalue weighted by molar-refractivity contribution is 0.408. The van der Waals surface area contributed by atoms with Gasteiger partial charge in [-0.1, -0.05) is 0 Å². The third-order valence-corrected chi connectivity index (χ3v) is 3.35. The maximum absolute atomic E-state index is 5.71. The maximum Gasteiger partial charge on any atom is 0.245 e. The molecule has 2 rings (SSSR count). The molecule has 18 heavy (non-hydrogen) atoms. The molecule has 2 aromatic rings. The van der Waals surface area contributed by atoms with Crippen molar-refractivity contribution in [3.05, 3.63) is 33.6 Å². The van der Waals surface area contributed by atoms with Gasteiger partial charge in [0.05, 0.1) is 22.3 Å². The number of ether oxygens (including phenoxy) is 2. The Hall–Kier alpha value is -1.34. The minimum absolute atomic E-state index is 0.308. The second kappa shape index (κ2) is 5.53. The van der Waals surface area contributed by atoms with E-state index in [0.717, 1.165) is 8.95 Å². The first kappa shape index (κ1) is 13.1. The SMILES string of the molecule is COc1cc(Br)c(Oc2ncncc2N)cc1Br. The van der Waals surface area contributed by atoms with Crippen molar-refractivity contribution in [3.63, 3.8) is 0 Å². The van der Waals surface area contributed by atoms with Crippen molar-refractivity contribution in [2.24, 2.45) is 0 Å². The minimum Gasteiger partial charge on any atom is -0.496 e. The number of methoxy groups -OCH3 is 1. The Kier molecular flexibility index (Phi) is 4.03. The molecule has 0 atom stereocenters. The highest BCUT2D eigenvalue weighted by molar-refractivity contribution is 9.11. The highest BCUT2D eigenvalue weighted by Crippen LogP contribution is 2.38. The van der Waals surface area contributed by atoms with Crippen LogP contribution in [0.5, 0.6) is 17.4 Å². The molecule has 0 saturated carbocycles. The molecular weight excluding hydrogens is 366 g/mol. The van der Waals surface area contributed by atoms with E-state index in [9.17, 15) is 0 Å². The zero-order chi connectivity index (χ0) is 13.1. The van der Waals surface area contributed by atoms with Gasteiger partial charge in [-0.2, -0.15) is 4.98 Å². The van der Waals surface area contributed by atoms with Crippen LogP contribution in [-0.2, 0) is 0 Å². The average Bonchev–Trinajstić information content (AvgIpc) is 2.36. The Morgan fingerprint density at radius 3 is 2.50 bits per heavy atom. The van der Waals surface area contributed by atoms with E-state index in [1.54, 1.807) is 19.2 Å². The molecule has 1 aromatic heterocycles. The number of nitrogen functional groups attached to an aromatic ring is 1. The second-order valence-electron chi connectivity index (χ2n) is 3.30. The van der Waals surface area contributed by atoms with Crippen LogP contribution in [-0.4, -0.2) is 17.1 Å². The zero-order valence-corrected chi connectivity index (χ0v) is 12.5. The molecular formula is C11H9Br2N3O2. The number of benzene rings is 1. The summed E-state index contributed by atoms with van der Waals surface area (Å²) in [5.74, 6) is 1.58. The summed E-state index contributed by atoms with van der Waals surface area (Å²) in [6.45, 7) is 0. The van der Waals surface area contributed by atoms with Crippen LogP contribution in [0.1, 0.15) is 0 Å². The van der Waals surface area contributed by atoms with Crippen LogP contribution >= 0.6 is 31.9 Å². The first-order valence-corrected chi connectivity index (χ1v) is 6.46. The smallest absolute Gasteiger partial charge is 0.245 e. The topological polar surface area (TPSA) is 70.3 Å². The van der Waals surface area contributed by atoms with Gasteiger partial charge in [0.1, 0.15) is 23.5 Å². The number of halogens is 2. The predicted molar refractivity (Wildman–Crippen MR) is 74.9 cm³/mol.